The first-order valence-corrected chi connectivity index (χ1v) is 4.77. The Kier molecular flexibility index (Phi) is 4.11. The first kappa shape index (κ1) is 13.5. The van der Waals surface area contributed by atoms with Gasteiger partial charge in [-0.3, -0.25) is 0 Å². The van der Waals surface area contributed by atoms with Gasteiger partial charge in [0.2, 0.25) is 0 Å². The average molecular weight is 248 g/mol. The molecule has 94 valence electrons. The summed E-state index contributed by atoms with van der Waals surface area (Å²) in [6.45, 7) is 0. The Bertz CT molecular complexity index is 401. The predicted octanol–water partition coefficient (Wildman–Crippen LogP) is 1.78. The van der Waals surface area contributed by atoms with E-state index in [0.717, 1.165) is 13.2 Å². The Hall–Kier alpha value is -1.56. The fourth-order valence-corrected chi connectivity index (χ4v) is 1.40. The molecule has 0 spiro atoms. The SMILES string of the molecule is COC(=O)C(O)Cc1ccccc1C(F)(F)F. The molecule has 1 unspecified atom stereocenters. The Labute approximate surface area is 95.8 Å². The van der Waals surface area contributed by atoms with E-state index in [9.17, 15) is 23.1 Å². The highest BCUT2D eigenvalue weighted by atomic mass is 19.4. The smallest absolute Gasteiger partial charge is 0.416 e. The van der Waals surface area contributed by atoms with E-state index in [4.69, 9.17) is 0 Å². The Morgan fingerprint density at radius 2 is 2.00 bits per heavy atom. The molecule has 1 N–H and O–H groups in total. The number of aliphatic hydroxyl groups is 1. The van der Waals surface area contributed by atoms with Crippen LogP contribution in [0.1, 0.15) is 11.1 Å². The number of ether oxygens (including phenoxy) is 1. The number of benzene rings is 1. The van der Waals surface area contributed by atoms with Crippen LogP contribution in [-0.2, 0) is 22.1 Å². The molecule has 0 aliphatic carbocycles. The van der Waals surface area contributed by atoms with Crippen LogP contribution in [0.3, 0.4) is 0 Å². The number of aliphatic hydroxyl groups excluding tert-OH is 1. The van der Waals surface area contributed by atoms with E-state index >= 15 is 0 Å². The van der Waals surface area contributed by atoms with Crippen molar-refractivity contribution in [2.45, 2.75) is 18.7 Å². The van der Waals surface area contributed by atoms with E-state index in [-0.39, 0.29) is 5.56 Å². The number of alkyl halides is 3. The van der Waals surface area contributed by atoms with Gasteiger partial charge in [0.15, 0.2) is 6.10 Å². The number of hydrogen-bond acceptors (Lipinski definition) is 3. The molecule has 1 rings (SSSR count). The highest BCUT2D eigenvalue weighted by molar-refractivity contribution is 5.74. The van der Waals surface area contributed by atoms with Crippen LogP contribution in [-0.4, -0.2) is 24.3 Å². The van der Waals surface area contributed by atoms with Crippen molar-refractivity contribution in [2.24, 2.45) is 0 Å². The fourth-order valence-electron chi connectivity index (χ4n) is 1.40. The van der Waals surface area contributed by atoms with E-state index in [0.29, 0.717) is 0 Å². The van der Waals surface area contributed by atoms with E-state index in [1.165, 1.54) is 18.2 Å². The molecule has 1 aromatic rings. The summed E-state index contributed by atoms with van der Waals surface area (Å²) in [6, 6.07) is 4.78. The lowest BCUT2D eigenvalue weighted by molar-refractivity contribution is -0.151. The highest BCUT2D eigenvalue weighted by Gasteiger charge is 2.33. The van der Waals surface area contributed by atoms with Gasteiger partial charge >= 0.3 is 12.1 Å². The van der Waals surface area contributed by atoms with Crippen molar-refractivity contribution in [1.82, 2.24) is 0 Å². The molecule has 0 radical (unpaired) electrons. The molecule has 3 nitrogen and oxygen atoms in total. The van der Waals surface area contributed by atoms with Gasteiger partial charge in [0.05, 0.1) is 12.7 Å². The molecule has 6 heteroatoms. The largest absolute Gasteiger partial charge is 0.467 e. The van der Waals surface area contributed by atoms with Crippen molar-refractivity contribution in [3.8, 4) is 0 Å². The molecule has 0 aliphatic rings. The number of hydrogen-bond donors (Lipinski definition) is 1. The maximum atomic E-state index is 12.6. The molecule has 0 amide bonds. The Balaban J connectivity index is 2.95. The first-order chi connectivity index (χ1) is 7.86. The standard InChI is InChI=1S/C11H11F3O3/c1-17-10(16)9(15)6-7-4-2-3-5-8(7)11(12,13)14/h2-5,9,15H,6H2,1H3. The van der Waals surface area contributed by atoms with Crippen LogP contribution < -0.4 is 0 Å². The summed E-state index contributed by atoms with van der Waals surface area (Å²) in [5, 5.41) is 9.32. The second-order valence-corrected chi connectivity index (χ2v) is 3.40. The lowest BCUT2D eigenvalue weighted by Crippen LogP contribution is -2.25. The van der Waals surface area contributed by atoms with Crippen LogP contribution >= 0.6 is 0 Å². The summed E-state index contributed by atoms with van der Waals surface area (Å²) >= 11 is 0. The van der Waals surface area contributed by atoms with E-state index < -0.39 is 30.2 Å². The molecular formula is C11H11F3O3. The molecular weight excluding hydrogens is 237 g/mol. The molecule has 1 aromatic carbocycles. The number of methoxy groups -OCH3 is 1. The fraction of sp³-hybridized carbons (Fsp3) is 0.364. The van der Waals surface area contributed by atoms with Gasteiger partial charge in [0.1, 0.15) is 0 Å². The van der Waals surface area contributed by atoms with Crippen molar-refractivity contribution < 1.29 is 27.8 Å². The van der Waals surface area contributed by atoms with Crippen molar-refractivity contribution in [3.63, 3.8) is 0 Å². The third kappa shape index (κ3) is 3.45. The summed E-state index contributed by atoms with van der Waals surface area (Å²) in [5.74, 6) is -0.957. The normalized spacial score (nSPS) is 13.2. The zero-order valence-electron chi connectivity index (χ0n) is 8.99. The molecule has 0 saturated heterocycles. The molecule has 0 aromatic heterocycles. The number of esters is 1. The quantitative estimate of drug-likeness (QED) is 0.829. The maximum Gasteiger partial charge on any atom is 0.416 e. The number of rotatable bonds is 3. The van der Waals surface area contributed by atoms with Gasteiger partial charge in [-0.2, -0.15) is 13.2 Å². The lowest BCUT2D eigenvalue weighted by atomic mass is 10.0. The van der Waals surface area contributed by atoms with Crippen molar-refractivity contribution in [1.29, 1.82) is 0 Å². The van der Waals surface area contributed by atoms with Crippen LogP contribution in [0.15, 0.2) is 24.3 Å². The summed E-state index contributed by atoms with van der Waals surface area (Å²) < 4.78 is 42.0. The summed E-state index contributed by atoms with van der Waals surface area (Å²) in [7, 11) is 1.06. The zero-order chi connectivity index (χ0) is 13.1. The summed E-state index contributed by atoms with van der Waals surface area (Å²) in [6.07, 6.45) is -6.53. The van der Waals surface area contributed by atoms with Crippen LogP contribution in [0.4, 0.5) is 13.2 Å². The number of halogens is 3. The minimum absolute atomic E-state index is 0.141. The number of carbonyl (C=O) groups excluding carboxylic acids is 1. The minimum Gasteiger partial charge on any atom is -0.467 e. The Morgan fingerprint density at radius 3 is 2.53 bits per heavy atom. The van der Waals surface area contributed by atoms with Crippen LogP contribution in [0, 0.1) is 0 Å². The topological polar surface area (TPSA) is 46.5 Å². The minimum atomic E-state index is -4.51. The number of carbonyl (C=O) groups is 1. The molecule has 17 heavy (non-hydrogen) atoms. The summed E-state index contributed by atoms with van der Waals surface area (Å²) in [4.78, 5) is 10.9. The van der Waals surface area contributed by atoms with Gasteiger partial charge in [0.25, 0.3) is 0 Å². The van der Waals surface area contributed by atoms with Crippen molar-refractivity contribution in [2.75, 3.05) is 7.11 Å². The van der Waals surface area contributed by atoms with Crippen LogP contribution in [0.5, 0.6) is 0 Å². The van der Waals surface area contributed by atoms with E-state index in [1.807, 2.05) is 0 Å². The first-order valence-electron chi connectivity index (χ1n) is 4.77. The van der Waals surface area contributed by atoms with Crippen LogP contribution in [0.25, 0.3) is 0 Å². The predicted molar refractivity (Wildman–Crippen MR) is 53.2 cm³/mol. The molecule has 0 bridgehead atoms. The lowest BCUT2D eigenvalue weighted by Gasteiger charge is -2.14. The highest BCUT2D eigenvalue weighted by Crippen LogP contribution is 2.32. The van der Waals surface area contributed by atoms with E-state index in [2.05, 4.69) is 4.74 Å². The third-order valence-corrected chi connectivity index (χ3v) is 2.21. The second-order valence-electron chi connectivity index (χ2n) is 3.40. The zero-order valence-corrected chi connectivity index (χ0v) is 8.99. The molecule has 0 aliphatic heterocycles. The molecule has 0 fully saturated rings. The monoisotopic (exact) mass is 248 g/mol. The van der Waals surface area contributed by atoms with Crippen molar-refractivity contribution in [3.05, 3.63) is 35.4 Å². The van der Waals surface area contributed by atoms with Gasteiger partial charge in [0, 0.05) is 6.42 Å². The third-order valence-electron chi connectivity index (χ3n) is 2.21. The van der Waals surface area contributed by atoms with Crippen molar-refractivity contribution >= 4 is 5.97 Å². The second kappa shape index (κ2) is 5.18. The molecule has 0 heterocycles. The van der Waals surface area contributed by atoms with E-state index in [1.54, 1.807) is 0 Å². The Morgan fingerprint density at radius 1 is 1.41 bits per heavy atom. The van der Waals surface area contributed by atoms with Crippen LogP contribution in [0.2, 0.25) is 0 Å². The molecule has 1 atom stereocenters. The van der Waals surface area contributed by atoms with Gasteiger partial charge < -0.3 is 9.84 Å². The average Bonchev–Trinajstić information content (AvgIpc) is 2.27. The van der Waals surface area contributed by atoms with Gasteiger partial charge in [-0.15, -0.1) is 0 Å². The molecule has 0 saturated carbocycles. The van der Waals surface area contributed by atoms with Gasteiger partial charge in [-0.25, -0.2) is 4.79 Å². The maximum absolute atomic E-state index is 12.6. The summed E-state index contributed by atoms with van der Waals surface area (Å²) in [5.41, 5.74) is -0.999. The van der Waals surface area contributed by atoms with Gasteiger partial charge in [-0.1, -0.05) is 18.2 Å². The van der Waals surface area contributed by atoms with Gasteiger partial charge in [-0.05, 0) is 11.6 Å².